The number of hydrogen-bond acceptors (Lipinski definition) is 7. The number of benzene rings is 2. The van der Waals surface area contributed by atoms with Crippen LogP contribution in [0.2, 0.25) is 0 Å². The van der Waals surface area contributed by atoms with E-state index in [2.05, 4.69) is 17.1 Å². The number of hydrogen-bond donors (Lipinski definition) is 1. The number of rotatable bonds is 5. The van der Waals surface area contributed by atoms with E-state index in [0.29, 0.717) is 25.5 Å². The van der Waals surface area contributed by atoms with Crippen LogP contribution in [0.4, 0.5) is 4.79 Å². The average molecular weight is 542 g/mol. The van der Waals surface area contributed by atoms with E-state index >= 15 is 0 Å². The highest BCUT2D eigenvalue weighted by Gasteiger charge is 2.58. The molecule has 1 N–H and O–H groups in total. The summed E-state index contributed by atoms with van der Waals surface area (Å²) in [7, 11) is 1.32. The van der Waals surface area contributed by atoms with Crippen molar-refractivity contribution in [2.45, 2.75) is 25.0 Å². The molecule has 3 aromatic rings. The summed E-state index contributed by atoms with van der Waals surface area (Å²) in [4.78, 5) is 52.3. The van der Waals surface area contributed by atoms with Crippen LogP contribution in [0.1, 0.15) is 18.9 Å². The van der Waals surface area contributed by atoms with Crippen LogP contribution in [0.5, 0.6) is 0 Å². The lowest BCUT2D eigenvalue weighted by Gasteiger charge is -2.43. The molecule has 1 spiro atoms. The molecule has 2 atom stereocenters. The molecule has 0 aliphatic carbocycles. The molecule has 1 unspecified atom stereocenters. The van der Waals surface area contributed by atoms with Crippen molar-refractivity contribution in [2.24, 2.45) is 10.9 Å². The Kier molecular flexibility index (Phi) is 6.50. The van der Waals surface area contributed by atoms with Crippen LogP contribution in [0.15, 0.2) is 65.8 Å². The van der Waals surface area contributed by atoms with Crippen molar-refractivity contribution in [1.29, 1.82) is 0 Å². The Morgan fingerprint density at radius 3 is 2.52 bits per heavy atom. The summed E-state index contributed by atoms with van der Waals surface area (Å²) in [5.74, 6) is 0.176. The maximum atomic E-state index is 13.8. The minimum Gasteiger partial charge on any atom is -0.453 e. The van der Waals surface area contributed by atoms with Gasteiger partial charge in [0.1, 0.15) is 11.9 Å². The quantitative estimate of drug-likeness (QED) is 0.531. The van der Waals surface area contributed by atoms with Crippen molar-refractivity contribution in [3.63, 3.8) is 0 Å². The number of methoxy groups -OCH3 is 1. The molecule has 0 radical (unpaired) electrons. The highest BCUT2D eigenvalue weighted by Crippen LogP contribution is 2.36. The maximum absolute atomic E-state index is 13.8. The van der Waals surface area contributed by atoms with E-state index < -0.39 is 17.7 Å². The van der Waals surface area contributed by atoms with Gasteiger partial charge < -0.3 is 19.6 Å². The van der Waals surface area contributed by atoms with Crippen molar-refractivity contribution in [3.05, 3.63) is 66.4 Å². The average Bonchev–Trinajstić information content (AvgIpc) is 3.54. The number of ether oxygens (including phenoxy) is 1. The lowest BCUT2D eigenvalue weighted by Crippen LogP contribution is -2.66. The number of pyridine rings is 1. The van der Waals surface area contributed by atoms with E-state index in [1.807, 2.05) is 42.5 Å². The van der Waals surface area contributed by atoms with E-state index in [-0.39, 0.29) is 30.8 Å². The Hall–Kier alpha value is -4.31. The third-order valence-electron chi connectivity index (χ3n) is 8.03. The lowest BCUT2D eigenvalue weighted by molar-refractivity contribution is -0.138. The first kappa shape index (κ1) is 25.9. The molecule has 2 aromatic carbocycles. The predicted octanol–water partition coefficient (Wildman–Crippen LogP) is 2.54. The van der Waals surface area contributed by atoms with Crippen LogP contribution in [0.3, 0.4) is 0 Å². The first-order chi connectivity index (χ1) is 19.3. The lowest BCUT2D eigenvalue weighted by atomic mass is 9.90. The molecule has 3 amide bonds. The van der Waals surface area contributed by atoms with Crippen LogP contribution in [0, 0.1) is 5.92 Å². The van der Waals surface area contributed by atoms with Crippen molar-refractivity contribution >= 4 is 34.6 Å². The number of likely N-dealkylation sites (tertiary alicyclic amines) is 2. The van der Waals surface area contributed by atoms with Crippen molar-refractivity contribution < 1.29 is 24.2 Å². The molecular formula is C30H31N5O5. The molecular weight excluding hydrogens is 510 g/mol. The number of carbonyl (C=O) groups is 3. The van der Waals surface area contributed by atoms with Gasteiger partial charge in [-0.05, 0) is 42.5 Å². The maximum Gasteiger partial charge on any atom is 0.409 e. The smallest absolute Gasteiger partial charge is 0.409 e. The molecule has 1 aromatic heterocycles. The zero-order valence-electron chi connectivity index (χ0n) is 22.5. The highest BCUT2D eigenvalue weighted by atomic mass is 16.5. The number of aliphatic hydroxyl groups excluding tert-OH is 1. The summed E-state index contributed by atoms with van der Waals surface area (Å²) < 4.78 is 4.82. The number of carbonyl (C=O) groups excluding carboxylic acids is 3. The molecule has 10 nitrogen and oxygen atoms in total. The van der Waals surface area contributed by atoms with Gasteiger partial charge in [0.25, 0.3) is 11.8 Å². The molecule has 4 heterocycles. The minimum absolute atomic E-state index is 0.0492. The van der Waals surface area contributed by atoms with Crippen molar-refractivity contribution in [1.82, 2.24) is 19.7 Å². The van der Waals surface area contributed by atoms with Gasteiger partial charge >= 0.3 is 6.09 Å². The van der Waals surface area contributed by atoms with Gasteiger partial charge in [-0.1, -0.05) is 42.5 Å². The fourth-order valence-electron chi connectivity index (χ4n) is 5.86. The van der Waals surface area contributed by atoms with Gasteiger partial charge in [-0.25, -0.2) is 9.79 Å². The minimum atomic E-state index is -1.05. The predicted molar refractivity (Wildman–Crippen MR) is 149 cm³/mol. The summed E-state index contributed by atoms with van der Waals surface area (Å²) in [6, 6.07) is 18.1. The van der Waals surface area contributed by atoms with Crippen LogP contribution in [-0.4, -0.2) is 100 Å². The van der Waals surface area contributed by atoms with E-state index in [0.717, 1.165) is 34.0 Å². The van der Waals surface area contributed by atoms with Gasteiger partial charge in [0.2, 0.25) is 0 Å². The number of aliphatic imine (C=N–C) groups is 1. The normalized spacial score (nSPS) is 20.6. The summed E-state index contributed by atoms with van der Waals surface area (Å²) in [6.07, 6.45) is 0.973. The topological polar surface area (TPSA) is 116 Å². The molecule has 0 saturated carbocycles. The molecule has 206 valence electrons. The van der Waals surface area contributed by atoms with Gasteiger partial charge in [0, 0.05) is 36.8 Å². The molecule has 3 aliphatic rings. The molecule has 10 heteroatoms. The first-order valence-corrected chi connectivity index (χ1v) is 13.5. The second kappa shape index (κ2) is 10.0. The standard InChI is InChI=1S/C30H31N5O5/c1-19(36)27(37)33-13-11-20(15-33)16-35-26(32-30(28(35)38)17-34(18-30)29(39)40-2)23-8-5-21(6-9-23)24-10-7-22-4-3-12-31-25(22)14-24/h3-10,12,14,19-20,36H,11,13,15-18H2,1-2H3/t19?,20-/m1/s1. The largest absolute Gasteiger partial charge is 0.453 e. The van der Waals surface area contributed by atoms with Gasteiger partial charge in [-0.15, -0.1) is 0 Å². The Balaban J connectivity index is 1.27. The Morgan fingerprint density at radius 1 is 1.07 bits per heavy atom. The third-order valence-corrected chi connectivity index (χ3v) is 8.03. The monoisotopic (exact) mass is 541 g/mol. The number of fused-ring (bicyclic) bond motifs is 1. The first-order valence-electron chi connectivity index (χ1n) is 13.5. The number of nitrogens with zero attached hydrogens (tertiary/aromatic N) is 5. The Bertz CT molecular complexity index is 1510. The van der Waals surface area contributed by atoms with Crippen LogP contribution >= 0.6 is 0 Å². The highest BCUT2D eigenvalue weighted by molar-refractivity contribution is 6.16. The zero-order chi connectivity index (χ0) is 28.0. The number of amidine groups is 1. The molecule has 6 rings (SSSR count). The number of amides is 3. The molecule has 2 saturated heterocycles. The van der Waals surface area contributed by atoms with E-state index in [9.17, 15) is 19.5 Å². The van der Waals surface area contributed by atoms with Gasteiger partial charge in [0.05, 0.1) is 25.7 Å². The SMILES string of the molecule is COC(=O)N1CC2(C1)N=C(c1ccc(-c3ccc4cccnc4c3)cc1)N(C[C@@H]1CCN(C(=O)C(C)O)C1)C2=O. The van der Waals surface area contributed by atoms with Gasteiger partial charge in [0.15, 0.2) is 5.54 Å². The number of aliphatic hydroxyl groups is 1. The summed E-state index contributed by atoms with van der Waals surface area (Å²) in [6.45, 7) is 3.21. The van der Waals surface area contributed by atoms with E-state index in [1.165, 1.54) is 18.9 Å². The molecule has 2 fully saturated rings. The second-order valence-electron chi connectivity index (χ2n) is 10.8. The number of aromatic nitrogens is 1. The Morgan fingerprint density at radius 2 is 1.80 bits per heavy atom. The molecule has 0 bridgehead atoms. The summed E-state index contributed by atoms with van der Waals surface area (Å²) in [5, 5.41) is 10.8. The second-order valence-corrected chi connectivity index (χ2v) is 10.8. The Labute approximate surface area is 231 Å². The van der Waals surface area contributed by atoms with Crippen LogP contribution in [0.25, 0.3) is 22.0 Å². The zero-order valence-corrected chi connectivity index (χ0v) is 22.5. The van der Waals surface area contributed by atoms with E-state index in [1.54, 1.807) is 16.0 Å². The third kappa shape index (κ3) is 4.48. The van der Waals surface area contributed by atoms with Crippen molar-refractivity contribution in [2.75, 3.05) is 39.8 Å². The van der Waals surface area contributed by atoms with Crippen molar-refractivity contribution in [3.8, 4) is 11.1 Å². The fourth-order valence-corrected chi connectivity index (χ4v) is 5.86. The molecule has 3 aliphatic heterocycles. The summed E-state index contributed by atoms with van der Waals surface area (Å²) in [5.41, 5.74) is 2.75. The molecule has 40 heavy (non-hydrogen) atoms. The van der Waals surface area contributed by atoms with Gasteiger partial charge in [-0.3, -0.25) is 19.5 Å². The van der Waals surface area contributed by atoms with Gasteiger partial charge in [-0.2, -0.15) is 0 Å². The fraction of sp³-hybridized carbons (Fsp3) is 0.367. The summed E-state index contributed by atoms with van der Waals surface area (Å²) >= 11 is 0. The van der Waals surface area contributed by atoms with Crippen LogP contribution < -0.4 is 0 Å². The van der Waals surface area contributed by atoms with Crippen LogP contribution in [-0.2, 0) is 14.3 Å². The van der Waals surface area contributed by atoms with E-state index in [4.69, 9.17) is 9.73 Å².